The van der Waals surface area contributed by atoms with Crippen molar-refractivity contribution < 1.29 is 0 Å². The molecule has 0 aromatic rings. The molecule has 56 valence electrons. The molecule has 2 heteroatoms. The minimum atomic E-state index is 0.263. The fourth-order valence-electron chi connectivity index (χ4n) is 1.49. The minimum absolute atomic E-state index is 0.263. The third kappa shape index (κ3) is 1.30. The second-order valence-electron chi connectivity index (χ2n) is 3.10. The molecule has 0 aromatic heterocycles. The van der Waals surface area contributed by atoms with Gasteiger partial charge in [-0.05, 0) is 33.4 Å². The van der Waals surface area contributed by atoms with E-state index in [1.165, 1.54) is 6.42 Å². The first-order valence-electron chi connectivity index (χ1n) is 3.85. The van der Waals surface area contributed by atoms with E-state index in [9.17, 15) is 0 Å². The van der Waals surface area contributed by atoms with E-state index < -0.39 is 0 Å². The fourth-order valence-corrected chi connectivity index (χ4v) is 1.49. The van der Waals surface area contributed by atoms with Crippen LogP contribution in [0.15, 0.2) is 0 Å². The monoisotopic (exact) mass is 138 g/mol. The van der Waals surface area contributed by atoms with Crippen molar-refractivity contribution in [3.63, 3.8) is 0 Å². The van der Waals surface area contributed by atoms with Gasteiger partial charge in [0.15, 0.2) is 0 Å². The van der Waals surface area contributed by atoms with Crippen LogP contribution in [0.5, 0.6) is 0 Å². The number of piperidine rings is 1. The summed E-state index contributed by atoms with van der Waals surface area (Å²) in [5.41, 5.74) is 0. The molecule has 1 rings (SSSR count). The Balaban J connectivity index is 2.53. The first-order chi connectivity index (χ1) is 4.75. The molecule has 10 heavy (non-hydrogen) atoms. The molecule has 0 aromatic carbocycles. The summed E-state index contributed by atoms with van der Waals surface area (Å²) < 4.78 is 0. The Hall–Kier alpha value is -0.550. The molecule has 2 unspecified atom stereocenters. The van der Waals surface area contributed by atoms with Crippen LogP contribution in [-0.2, 0) is 0 Å². The van der Waals surface area contributed by atoms with Crippen LogP contribution >= 0.6 is 0 Å². The zero-order valence-corrected chi connectivity index (χ0v) is 6.67. The molecule has 0 radical (unpaired) electrons. The maximum absolute atomic E-state index is 8.70. The topological polar surface area (TPSA) is 27.0 Å². The molecule has 1 aliphatic rings. The van der Waals surface area contributed by atoms with E-state index in [-0.39, 0.29) is 5.92 Å². The molecule has 2 nitrogen and oxygen atoms in total. The Kier molecular flexibility index (Phi) is 2.29. The molecule has 0 spiro atoms. The lowest BCUT2D eigenvalue weighted by Gasteiger charge is -2.33. The lowest BCUT2D eigenvalue weighted by molar-refractivity contribution is 0.164. The number of hydrogen-bond donors (Lipinski definition) is 0. The predicted octanol–water partition coefficient (Wildman–Crippen LogP) is 1.24. The van der Waals surface area contributed by atoms with Crippen molar-refractivity contribution in [2.75, 3.05) is 13.6 Å². The summed E-state index contributed by atoms with van der Waals surface area (Å²) in [5, 5.41) is 8.70. The van der Waals surface area contributed by atoms with Crippen molar-refractivity contribution in [3.05, 3.63) is 0 Å². The van der Waals surface area contributed by atoms with Gasteiger partial charge in [0.05, 0.1) is 12.0 Å². The van der Waals surface area contributed by atoms with Crippen molar-refractivity contribution in [2.24, 2.45) is 5.92 Å². The maximum Gasteiger partial charge on any atom is 0.0672 e. The van der Waals surface area contributed by atoms with Gasteiger partial charge in [-0.2, -0.15) is 5.26 Å². The fraction of sp³-hybridized carbons (Fsp3) is 0.875. The Morgan fingerprint density at radius 1 is 1.60 bits per heavy atom. The standard InChI is InChI=1S/C8H14N2/c1-7-8(6-9)4-3-5-10(7)2/h7-8H,3-5H2,1-2H3. The van der Waals surface area contributed by atoms with Gasteiger partial charge in [-0.15, -0.1) is 0 Å². The summed E-state index contributed by atoms with van der Waals surface area (Å²) in [5.74, 6) is 0.263. The van der Waals surface area contributed by atoms with Crippen molar-refractivity contribution >= 4 is 0 Å². The molecular weight excluding hydrogens is 124 g/mol. The number of nitriles is 1. The highest BCUT2D eigenvalue weighted by Gasteiger charge is 2.24. The number of likely N-dealkylation sites (tertiary alicyclic amines) is 1. The van der Waals surface area contributed by atoms with Gasteiger partial charge < -0.3 is 4.90 Å². The molecule has 1 saturated heterocycles. The van der Waals surface area contributed by atoms with Gasteiger partial charge in [-0.3, -0.25) is 0 Å². The van der Waals surface area contributed by atoms with Crippen LogP contribution in [0.25, 0.3) is 0 Å². The van der Waals surface area contributed by atoms with Crippen molar-refractivity contribution in [1.29, 1.82) is 5.26 Å². The third-order valence-corrected chi connectivity index (χ3v) is 2.47. The van der Waals surface area contributed by atoms with Gasteiger partial charge in [-0.25, -0.2) is 0 Å². The van der Waals surface area contributed by atoms with E-state index in [1.807, 2.05) is 0 Å². The van der Waals surface area contributed by atoms with Crippen LogP contribution in [0.1, 0.15) is 19.8 Å². The van der Waals surface area contributed by atoms with E-state index in [0.29, 0.717) is 6.04 Å². The second kappa shape index (κ2) is 3.03. The highest BCUT2D eigenvalue weighted by atomic mass is 15.1. The zero-order valence-electron chi connectivity index (χ0n) is 6.67. The first-order valence-corrected chi connectivity index (χ1v) is 3.85. The number of nitrogens with zero attached hydrogens (tertiary/aromatic N) is 2. The Morgan fingerprint density at radius 2 is 2.30 bits per heavy atom. The molecular formula is C8H14N2. The predicted molar refractivity (Wildman–Crippen MR) is 40.4 cm³/mol. The van der Waals surface area contributed by atoms with Crippen LogP contribution in [0.4, 0.5) is 0 Å². The lowest BCUT2D eigenvalue weighted by atomic mass is 9.92. The summed E-state index contributed by atoms with van der Waals surface area (Å²) >= 11 is 0. The van der Waals surface area contributed by atoms with Gasteiger partial charge >= 0.3 is 0 Å². The quantitative estimate of drug-likeness (QED) is 0.503. The number of rotatable bonds is 0. The van der Waals surface area contributed by atoms with Gasteiger partial charge in [0, 0.05) is 6.04 Å². The second-order valence-corrected chi connectivity index (χ2v) is 3.10. The van der Waals surface area contributed by atoms with Gasteiger partial charge in [0.2, 0.25) is 0 Å². The van der Waals surface area contributed by atoms with Gasteiger partial charge in [-0.1, -0.05) is 0 Å². The smallest absolute Gasteiger partial charge is 0.0672 e. The summed E-state index contributed by atoms with van der Waals surface area (Å²) in [6.45, 7) is 3.28. The van der Waals surface area contributed by atoms with E-state index in [1.54, 1.807) is 0 Å². The molecule has 2 atom stereocenters. The molecule has 1 heterocycles. The summed E-state index contributed by atoms with van der Waals surface area (Å²) in [7, 11) is 2.09. The van der Waals surface area contributed by atoms with Gasteiger partial charge in [0.1, 0.15) is 0 Å². The Morgan fingerprint density at radius 3 is 2.80 bits per heavy atom. The molecule has 1 fully saturated rings. The average molecular weight is 138 g/mol. The Labute approximate surface area is 62.4 Å². The van der Waals surface area contributed by atoms with E-state index in [4.69, 9.17) is 5.26 Å². The highest BCUT2D eigenvalue weighted by Crippen LogP contribution is 2.20. The summed E-state index contributed by atoms with van der Waals surface area (Å²) in [6, 6.07) is 2.80. The highest BCUT2D eigenvalue weighted by molar-refractivity contribution is 4.93. The zero-order chi connectivity index (χ0) is 7.56. The molecule has 0 saturated carbocycles. The molecule has 0 N–H and O–H groups in total. The van der Waals surface area contributed by atoms with Crippen molar-refractivity contribution in [3.8, 4) is 6.07 Å². The minimum Gasteiger partial charge on any atom is -0.302 e. The van der Waals surface area contributed by atoms with E-state index >= 15 is 0 Å². The van der Waals surface area contributed by atoms with Crippen molar-refractivity contribution in [2.45, 2.75) is 25.8 Å². The molecule has 1 aliphatic heterocycles. The number of hydrogen-bond acceptors (Lipinski definition) is 2. The van der Waals surface area contributed by atoms with Crippen LogP contribution in [0.3, 0.4) is 0 Å². The van der Waals surface area contributed by atoms with Crippen LogP contribution in [0, 0.1) is 17.2 Å². The normalized spacial score (nSPS) is 35.3. The molecule has 0 bridgehead atoms. The van der Waals surface area contributed by atoms with Gasteiger partial charge in [0.25, 0.3) is 0 Å². The lowest BCUT2D eigenvalue weighted by Crippen LogP contribution is -2.39. The van der Waals surface area contributed by atoms with Crippen LogP contribution in [0.2, 0.25) is 0 Å². The molecule has 0 aliphatic carbocycles. The van der Waals surface area contributed by atoms with E-state index in [0.717, 1.165) is 13.0 Å². The largest absolute Gasteiger partial charge is 0.302 e. The summed E-state index contributed by atoms with van der Waals surface area (Å²) in [4.78, 5) is 2.26. The van der Waals surface area contributed by atoms with Crippen LogP contribution in [-0.4, -0.2) is 24.5 Å². The van der Waals surface area contributed by atoms with Crippen LogP contribution < -0.4 is 0 Å². The average Bonchev–Trinajstić information content (AvgIpc) is 1.95. The molecule has 0 amide bonds. The first kappa shape index (κ1) is 7.56. The summed E-state index contributed by atoms with van der Waals surface area (Å²) in [6.07, 6.45) is 2.26. The SMILES string of the molecule is CC1C(C#N)CCCN1C. The van der Waals surface area contributed by atoms with E-state index in [2.05, 4.69) is 24.9 Å². The third-order valence-electron chi connectivity index (χ3n) is 2.47. The Bertz CT molecular complexity index is 148. The maximum atomic E-state index is 8.70. The van der Waals surface area contributed by atoms with Crippen molar-refractivity contribution in [1.82, 2.24) is 4.90 Å².